The summed E-state index contributed by atoms with van der Waals surface area (Å²) in [4.78, 5) is 12.2. The van der Waals surface area contributed by atoms with Crippen molar-refractivity contribution in [2.75, 3.05) is 12.3 Å². The second-order valence-electron chi connectivity index (χ2n) is 5.85. The SMILES string of the molecule is CC1CCC(CO)(NC(=O)c2cc(N)cc(F)c2)CC1. The van der Waals surface area contributed by atoms with Crippen LogP contribution in [-0.4, -0.2) is 23.2 Å². The molecule has 110 valence electrons. The molecule has 0 spiro atoms. The number of aliphatic hydroxyl groups excluding tert-OH is 1. The van der Waals surface area contributed by atoms with Gasteiger partial charge in [-0.3, -0.25) is 4.79 Å². The van der Waals surface area contributed by atoms with E-state index in [1.165, 1.54) is 12.1 Å². The fourth-order valence-electron chi connectivity index (χ4n) is 2.69. The summed E-state index contributed by atoms with van der Waals surface area (Å²) < 4.78 is 13.3. The fourth-order valence-corrected chi connectivity index (χ4v) is 2.69. The van der Waals surface area contributed by atoms with Gasteiger partial charge in [0.2, 0.25) is 0 Å². The van der Waals surface area contributed by atoms with Gasteiger partial charge in [0.15, 0.2) is 0 Å². The molecule has 1 aliphatic carbocycles. The van der Waals surface area contributed by atoms with Gasteiger partial charge >= 0.3 is 0 Å². The third-order valence-corrected chi connectivity index (χ3v) is 4.10. The lowest BCUT2D eigenvalue weighted by molar-refractivity contribution is 0.0717. The Bertz CT molecular complexity index is 476. The summed E-state index contributed by atoms with van der Waals surface area (Å²) >= 11 is 0. The fraction of sp³-hybridized carbons (Fsp3) is 0.533. The number of nitrogens with two attached hydrogens (primary N) is 1. The molecule has 0 radical (unpaired) electrons. The number of benzene rings is 1. The van der Waals surface area contributed by atoms with Gasteiger partial charge < -0.3 is 16.2 Å². The molecule has 0 aromatic heterocycles. The van der Waals surface area contributed by atoms with Gasteiger partial charge in [-0.05, 0) is 49.8 Å². The molecule has 4 nitrogen and oxygen atoms in total. The molecule has 1 fully saturated rings. The molecule has 2 rings (SSSR count). The number of aliphatic hydroxyl groups is 1. The Kier molecular flexibility index (Phi) is 4.28. The molecule has 0 heterocycles. The molecule has 1 aromatic rings. The van der Waals surface area contributed by atoms with Crippen molar-refractivity contribution in [3.63, 3.8) is 0 Å². The van der Waals surface area contributed by atoms with Crippen LogP contribution in [0, 0.1) is 11.7 Å². The number of carbonyl (C=O) groups excluding carboxylic acids is 1. The summed E-state index contributed by atoms with van der Waals surface area (Å²) in [5.74, 6) is -0.318. The minimum Gasteiger partial charge on any atom is -0.399 e. The van der Waals surface area contributed by atoms with E-state index < -0.39 is 11.4 Å². The van der Waals surface area contributed by atoms with Crippen LogP contribution in [0.1, 0.15) is 43.0 Å². The van der Waals surface area contributed by atoms with Crippen LogP contribution in [0.15, 0.2) is 18.2 Å². The normalized spacial score (nSPS) is 26.2. The number of hydrogen-bond donors (Lipinski definition) is 3. The first-order chi connectivity index (χ1) is 9.44. The highest BCUT2D eigenvalue weighted by Gasteiger charge is 2.35. The Morgan fingerprint density at radius 1 is 1.45 bits per heavy atom. The lowest BCUT2D eigenvalue weighted by Crippen LogP contribution is -2.53. The first-order valence-electron chi connectivity index (χ1n) is 6.93. The number of anilines is 1. The van der Waals surface area contributed by atoms with Crippen molar-refractivity contribution in [3.05, 3.63) is 29.6 Å². The summed E-state index contributed by atoms with van der Waals surface area (Å²) in [6.07, 6.45) is 3.40. The van der Waals surface area contributed by atoms with E-state index in [9.17, 15) is 14.3 Å². The van der Waals surface area contributed by atoms with Crippen LogP contribution in [0.5, 0.6) is 0 Å². The molecular formula is C15H21FN2O2. The van der Waals surface area contributed by atoms with Crippen molar-refractivity contribution in [1.82, 2.24) is 5.32 Å². The Morgan fingerprint density at radius 2 is 2.10 bits per heavy atom. The maximum absolute atomic E-state index is 13.3. The minimum absolute atomic E-state index is 0.101. The standard InChI is InChI=1S/C15H21FN2O2/c1-10-2-4-15(9-19,5-3-10)18-14(20)11-6-12(16)8-13(17)7-11/h6-8,10,19H,2-5,9,17H2,1H3,(H,18,20). The van der Waals surface area contributed by atoms with Crippen molar-refractivity contribution < 1.29 is 14.3 Å². The van der Waals surface area contributed by atoms with E-state index in [0.29, 0.717) is 5.92 Å². The molecule has 0 unspecified atom stereocenters. The first-order valence-corrected chi connectivity index (χ1v) is 6.93. The predicted molar refractivity (Wildman–Crippen MR) is 75.7 cm³/mol. The third kappa shape index (κ3) is 3.28. The van der Waals surface area contributed by atoms with Gasteiger partial charge in [-0.25, -0.2) is 4.39 Å². The van der Waals surface area contributed by atoms with Gasteiger partial charge in [0.05, 0.1) is 12.1 Å². The van der Waals surface area contributed by atoms with Gasteiger partial charge in [-0.15, -0.1) is 0 Å². The maximum atomic E-state index is 13.3. The van der Waals surface area contributed by atoms with Crippen LogP contribution >= 0.6 is 0 Å². The van der Waals surface area contributed by atoms with Crippen molar-refractivity contribution >= 4 is 11.6 Å². The molecule has 0 saturated heterocycles. The molecule has 20 heavy (non-hydrogen) atoms. The highest BCUT2D eigenvalue weighted by Crippen LogP contribution is 2.31. The van der Waals surface area contributed by atoms with Gasteiger partial charge in [0, 0.05) is 11.3 Å². The van der Waals surface area contributed by atoms with E-state index in [-0.39, 0.29) is 23.8 Å². The van der Waals surface area contributed by atoms with Crippen LogP contribution in [0.3, 0.4) is 0 Å². The topological polar surface area (TPSA) is 75.3 Å². The summed E-state index contributed by atoms with van der Waals surface area (Å²) in [6, 6.07) is 3.76. The smallest absolute Gasteiger partial charge is 0.251 e. The molecule has 0 bridgehead atoms. The van der Waals surface area contributed by atoms with E-state index in [4.69, 9.17) is 5.73 Å². The number of hydrogen-bond acceptors (Lipinski definition) is 3. The number of carbonyl (C=O) groups is 1. The largest absolute Gasteiger partial charge is 0.399 e. The van der Waals surface area contributed by atoms with Crippen molar-refractivity contribution in [1.29, 1.82) is 0 Å². The first kappa shape index (κ1) is 14.8. The number of halogens is 1. The predicted octanol–water partition coefficient (Wildman–Crippen LogP) is 2.08. The highest BCUT2D eigenvalue weighted by molar-refractivity contribution is 5.95. The Hall–Kier alpha value is -1.62. The summed E-state index contributed by atoms with van der Waals surface area (Å²) in [6.45, 7) is 2.06. The molecule has 5 heteroatoms. The van der Waals surface area contributed by atoms with Gasteiger partial charge in [0.25, 0.3) is 5.91 Å². The lowest BCUT2D eigenvalue weighted by Gasteiger charge is -2.38. The number of amides is 1. The van der Waals surface area contributed by atoms with Crippen LogP contribution in [0.2, 0.25) is 0 Å². The van der Waals surface area contributed by atoms with Crippen LogP contribution < -0.4 is 11.1 Å². The average Bonchev–Trinajstić information content (AvgIpc) is 2.40. The molecule has 1 aromatic carbocycles. The highest BCUT2D eigenvalue weighted by atomic mass is 19.1. The molecular weight excluding hydrogens is 259 g/mol. The van der Waals surface area contributed by atoms with Gasteiger partial charge in [-0.2, -0.15) is 0 Å². The molecule has 1 saturated carbocycles. The maximum Gasteiger partial charge on any atom is 0.251 e. The Balaban J connectivity index is 2.13. The van der Waals surface area contributed by atoms with Crippen LogP contribution in [0.4, 0.5) is 10.1 Å². The second kappa shape index (κ2) is 5.79. The van der Waals surface area contributed by atoms with Gasteiger partial charge in [-0.1, -0.05) is 6.92 Å². The second-order valence-corrected chi connectivity index (χ2v) is 5.85. The number of nitrogen functional groups attached to an aromatic ring is 1. The van der Waals surface area contributed by atoms with Crippen LogP contribution in [0.25, 0.3) is 0 Å². The third-order valence-electron chi connectivity index (χ3n) is 4.10. The zero-order chi connectivity index (χ0) is 14.8. The number of nitrogens with one attached hydrogen (secondary N) is 1. The summed E-state index contributed by atoms with van der Waals surface area (Å²) in [5, 5.41) is 12.5. The van der Waals surface area contributed by atoms with E-state index >= 15 is 0 Å². The van der Waals surface area contributed by atoms with E-state index in [2.05, 4.69) is 12.2 Å². The van der Waals surface area contributed by atoms with Crippen LogP contribution in [-0.2, 0) is 0 Å². The lowest BCUT2D eigenvalue weighted by atomic mass is 9.77. The minimum atomic E-state index is -0.593. The van der Waals surface area contributed by atoms with E-state index in [1.807, 2.05) is 0 Å². The van der Waals surface area contributed by atoms with Gasteiger partial charge in [0.1, 0.15) is 5.82 Å². The Morgan fingerprint density at radius 3 is 2.65 bits per heavy atom. The molecule has 1 amide bonds. The van der Waals surface area contributed by atoms with E-state index in [1.54, 1.807) is 0 Å². The molecule has 0 aliphatic heterocycles. The zero-order valence-electron chi connectivity index (χ0n) is 11.7. The molecule has 1 aliphatic rings. The van der Waals surface area contributed by atoms with Crippen molar-refractivity contribution in [2.24, 2.45) is 5.92 Å². The van der Waals surface area contributed by atoms with E-state index in [0.717, 1.165) is 31.7 Å². The average molecular weight is 280 g/mol. The summed E-state index contributed by atoms with van der Waals surface area (Å²) in [5.41, 5.74) is 5.35. The van der Waals surface area contributed by atoms with Crippen molar-refractivity contribution in [3.8, 4) is 0 Å². The number of rotatable bonds is 3. The quantitative estimate of drug-likeness (QED) is 0.742. The monoisotopic (exact) mass is 280 g/mol. The zero-order valence-corrected chi connectivity index (χ0v) is 11.7. The van der Waals surface area contributed by atoms with Crippen molar-refractivity contribution in [2.45, 2.75) is 38.1 Å². The molecule has 0 atom stereocenters. The molecule has 4 N–H and O–H groups in total. The summed E-state index contributed by atoms with van der Waals surface area (Å²) in [7, 11) is 0. The Labute approximate surface area is 118 Å².